The van der Waals surface area contributed by atoms with Gasteiger partial charge in [0.25, 0.3) is 5.91 Å². The molecule has 1 saturated heterocycles. The first-order chi connectivity index (χ1) is 15.8. The van der Waals surface area contributed by atoms with Crippen LogP contribution in [0.5, 0.6) is 5.75 Å². The minimum absolute atomic E-state index is 0.0761. The second kappa shape index (κ2) is 9.66. The van der Waals surface area contributed by atoms with Gasteiger partial charge in [0, 0.05) is 44.5 Å². The molecule has 174 valence electrons. The van der Waals surface area contributed by atoms with E-state index in [2.05, 4.69) is 22.1 Å². The smallest absolute Gasteiger partial charge is 0.435 e. The molecule has 0 N–H and O–H groups in total. The maximum Gasteiger partial charge on any atom is 0.435 e. The van der Waals surface area contributed by atoms with E-state index in [1.165, 1.54) is 11.8 Å². The SMILES string of the molecule is COc1ccc(CCN2CCN(C(=O)c3ccc(-n4ccc(C(F)(F)F)n4)cc3)CC2)cc1. The Morgan fingerprint density at radius 2 is 1.64 bits per heavy atom. The van der Waals surface area contributed by atoms with Crippen molar-refractivity contribution in [2.24, 2.45) is 0 Å². The molecule has 1 aromatic heterocycles. The van der Waals surface area contributed by atoms with Crippen LogP contribution < -0.4 is 4.74 Å². The fraction of sp³-hybridized carbons (Fsp3) is 0.333. The van der Waals surface area contributed by atoms with Crippen LogP contribution in [0.4, 0.5) is 13.2 Å². The quantitative estimate of drug-likeness (QED) is 0.562. The summed E-state index contributed by atoms with van der Waals surface area (Å²) >= 11 is 0. The molecule has 2 heterocycles. The largest absolute Gasteiger partial charge is 0.497 e. The molecular weight excluding hydrogens is 433 g/mol. The molecule has 0 unspecified atom stereocenters. The van der Waals surface area contributed by atoms with Gasteiger partial charge in [0.15, 0.2) is 5.69 Å². The Balaban J connectivity index is 1.29. The molecule has 1 aliphatic rings. The number of nitrogens with zero attached hydrogens (tertiary/aromatic N) is 4. The van der Waals surface area contributed by atoms with Crippen molar-refractivity contribution in [3.05, 3.63) is 77.6 Å². The Bertz CT molecular complexity index is 1070. The average molecular weight is 458 g/mol. The second-order valence-corrected chi connectivity index (χ2v) is 7.92. The monoisotopic (exact) mass is 458 g/mol. The van der Waals surface area contributed by atoms with Gasteiger partial charge in [0.2, 0.25) is 0 Å². The number of halogens is 3. The highest BCUT2D eigenvalue weighted by molar-refractivity contribution is 5.94. The predicted octanol–water partition coefficient (Wildman–Crippen LogP) is 3.90. The highest BCUT2D eigenvalue weighted by Crippen LogP contribution is 2.28. The molecule has 1 aliphatic heterocycles. The first-order valence-corrected chi connectivity index (χ1v) is 10.7. The normalized spacial score (nSPS) is 15.0. The molecule has 0 aliphatic carbocycles. The average Bonchev–Trinajstić information content (AvgIpc) is 3.34. The molecule has 0 atom stereocenters. The van der Waals surface area contributed by atoms with E-state index in [4.69, 9.17) is 4.74 Å². The molecule has 0 radical (unpaired) electrons. The first-order valence-electron chi connectivity index (χ1n) is 10.7. The number of rotatable bonds is 6. The van der Waals surface area contributed by atoms with Crippen LogP contribution >= 0.6 is 0 Å². The van der Waals surface area contributed by atoms with Gasteiger partial charge in [-0.05, 0) is 54.4 Å². The fourth-order valence-electron chi connectivity index (χ4n) is 3.81. The summed E-state index contributed by atoms with van der Waals surface area (Å²) in [5.74, 6) is 0.766. The summed E-state index contributed by atoms with van der Waals surface area (Å²) in [7, 11) is 1.65. The van der Waals surface area contributed by atoms with E-state index >= 15 is 0 Å². The van der Waals surface area contributed by atoms with Crippen molar-refractivity contribution in [2.45, 2.75) is 12.6 Å². The number of hydrogen-bond acceptors (Lipinski definition) is 4. The lowest BCUT2D eigenvalue weighted by Crippen LogP contribution is -2.49. The minimum atomic E-state index is -4.49. The Morgan fingerprint density at radius 1 is 0.970 bits per heavy atom. The van der Waals surface area contributed by atoms with Crippen molar-refractivity contribution in [3.63, 3.8) is 0 Å². The van der Waals surface area contributed by atoms with E-state index in [1.54, 1.807) is 31.4 Å². The standard InChI is InChI=1S/C24H25F3N4O2/c1-33-21-8-2-18(3-9-21)10-12-29-14-16-30(17-15-29)23(32)19-4-6-20(7-5-19)31-13-11-22(28-31)24(25,26)27/h2-9,11,13H,10,12,14-17H2,1H3. The van der Waals surface area contributed by atoms with Gasteiger partial charge in [0.1, 0.15) is 5.75 Å². The second-order valence-electron chi connectivity index (χ2n) is 7.92. The Hall–Kier alpha value is -3.33. The molecule has 0 spiro atoms. The van der Waals surface area contributed by atoms with Crippen molar-refractivity contribution in [3.8, 4) is 11.4 Å². The number of methoxy groups -OCH3 is 1. The number of alkyl halides is 3. The summed E-state index contributed by atoms with van der Waals surface area (Å²) in [5.41, 5.74) is 1.26. The highest BCUT2D eigenvalue weighted by atomic mass is 19.4. The molecule has 6 nitrogen and oxygen atoms in total. The molecule has 0 saturated carbocycles. The third-order valence-corrected chi connectivity index (χ3v) is 5.79. The lowest BCUT2D eigenvalue weighted by atomic mass is 10.1. The van der Waals surface area contributed by atoms with Gasteiger partial charge in [-0.25, -0.2) is 4.68 Å². The fourth-order valence-corrected chi connectivity index (χ4v) is 3.81. The van der Waals surface area contributed by atoms with E-state index in [1.807, 2.05) is 17.0 Å². The zero-order chi connectivity index (χ0) is 23.4. The molecule has 3 aromatic rings. The summed E-state index contributed by atoms with van der Waals surface area (Å²) in [6, 6.07) is 15.4. The Kier molecular flexibility index (Phi) is 6.69. The van der Waals surface area contributed by atoms with E-state index < -0.39 is 11.9 Å². The maximum atomic E-state index is 12.9. The third kappa shape index (κ3) is 5.54. The van der Waals surface area contributed by atoms with Crippen molar-refractivity contribution >= 4 is 5.91 Å². The van der Waals surface area contributed by atoms with Gasteiger partial charge in [-0.1, -0.05) is 12.1 Å². The van der Waals surface area contributed by atoms with Crippen LogP contribution in [0.3, 0.4) is 0 Å². The number of hydrogen-bond donors (Lipinski definition) is 0. The lowest BCUT2D eigenvalue weighted by molar-refractivity contribution is -0.141. The van der Waals surface area contributed by atoms with E-state index in [-0.39, 0.29) is 5.91 Å². The lowest BCUT2D eigenvalue weighted by Gasteiger charge is -2.34. The van der Waals surface area contributed by atoms with Crippen molar-refractivity contribution in [2.75, 3.05) is 39.8 Å². The third-order valence-electron chi connectivity index (χ3n) is 5.79. The van der Waals surface area contributed by atoms with Crippen molar-refractivity contribution in [1.29, 1.82) is 0 Å². The van der Waals surface area contributed by atoms with Crippen LogP contribution in [0.2, 0.25) is 0 Å². The maximum absolute atomic E-state index is 12.9. The number of amides is 1. The molecule has 4 rings (SSSR count). The number of carbonyl (C=O) groups is 1. The van der Waals surface area contributed by atoms with Crippen LogP contribution in [0.15, 0.2) is 60.8 Å². The summed E-state index contributed by atoms with van der Waals surface area (Å²) in [4.78, 5) is 17.0. The van der Waals surface area contributed by atoms with Crippen molar-refractivity contribution in [1.82, 2.24) is 19.6 Å². The summed E-state index contributed by atoms with van der Waals surface area (Å²) in [6.07, 6.45) is -2.30. The molecule has 0 bridgehead atoms. The van der Waals surface area contributed by atoms with Gasteiger partial charge < -0.3 is 9.64 Å². The number of benzene rings is 2. The van der Waals surface area contributed by atoms with Crippen molar-refractivity contribution < 1.29 is 22.7 Å². The predicted molar refractivity (Wildman–Crippen MR) is 118 cm³/mol. The van der Waals surface area contributed by atoms with Crippen LogP contribution in [-0.4, -0.2) is 65.3 Å². The van der Waals surface area contributed by atoms with Gasteiger partial charge in [0.05, 0.1) is 12.8 Å². The Labute approximate surface area is 190 Å². The van der Waals surface area contributed by atoms with Crippen LogP contribution in [0.25, 0.3) is 5.69 Å². The molecule has 1 fully saturated rings. The summed E-state index contributed by atoms with van der Waals surface area (Å²) < 4.78 is 44.6. The molecule has 33 heavy (non-hydrogen) atoms. The number of aromatic nitrogens is 2. The number of carbonyl (C=O) groups excluding carboxylic acids is 1. The number of ether oxygens (including phenoxy) is 1. The summed E-state index contributed by atoms with van der Waals surface area (Å²) in [6.45, 7) is 3.79. The van der Waals surface area contributed by atoms with Gasteiger partial charge in [-0.3, -0.25) is 9.69 Å². The minimum Gasteiger partial charge on any atom is -0.497 e. The van der Waals surface area contributed by atoms with Crippen LogP contribution in [0.1, 0.15) is 21.6 Å². The molecule has 1 amide bonds. The van der Waals surface area contributed by atoms with E-state index in [0.717, 1.165) is 42.6 Å². The van der Waals surface area contributed by atoms with Gasteiger partial charge >= 0.3 is 6.18 Å². The zero-order valence-electron chi connectivity index (χ0n) is 18.3. The highest BCUT2D eigenvalue weighted by Gasteiger charge is 2.33. The van der Waals surface area contributed by atoms with E-state index in [9.17, 15) is 18.0 Å². The first kappa shape index (κ1) is 22.8. The number of piperazine rings is 1. The summed E-state index contributed by atoms with van der Waals surface area (Å²) in [5, 5.41) is 3.56. The van der Waals surface area contributed by atoms with Gasteiger partial charge in [-0.2, -0.15) is 18.3 Å². The molecule has 2 aromatic carbocycles. The van der Waals surface area contributed by atoms with Crippen LogP contribution in [-0.2, 0) is 12.6 Å². The van der Waals surface area contributed by atoms with E-state index in [0.29, 0.717) is 24.3 Å². The Morgan fingerprint density at radius 3 is 2.21 bits per heavy atom. The van der Waals surface area contributed by atoms with Crippen LogP contribution in [0, 0.1) is 0 Å². The zero-order valence-corrected chi connectivity index (χ0v) is 18.3. The molecular formula is C24H25F3N4O2. The molecule has 9 heteroatoms. The van der Waals surface area contributed by atoms with Gasteiger partial charge in [-0.15, -0.1) is 0 Å². The topological polar surface area (TPSA) is 50.6 Å².